The number of methoxy groups -OCH3 is 1. The van der Waals surface area contributed by atoms with Gasteiger partial charge in [-0.2, -0.15) is 0 Å². The van der Waals surface area contributed by atoms with E-state index in [2.05, 4.69) is 21.2 Å². The molecule has 0 aliphatic carbocycles. The van der Waals surface area contributed by atoms with E-state index in [9.17, 15) is 14.4 Å². The molecule has 162 valence electrons. The summed E-state index contributed by atoms with van der Waals surface area (Å²) >= 11 is 4.15. The van der Waals surface area contributed by atoms with E-state index in [0.29, 0.717) is 5.69 Å². The molecule has 0 radical (unpaired) electrons. The van der Waals surface area contributed by atoms with Gasteiger partial charge in [-0.05, 0) is 78.5 Å². The Morgan fingerprint density at radius 3 is 2.50 bits per heavy atom. The minimum absolute atomic E-state index is 0.264. The Labute approximate surface area is 197 Å². The Morgan fingerprint density at radius 2 is 1.81 bits per heavy atom. The fourth-order valence-electron chi connectivity index (χ4n) is 3.14. The van der Waals surface area contributed by atoms with Gasteiger partial charge in [-0.3, -0.25) is 19.3 Å². The van der Waals surface area contributed by atoms with Crippen LogP contribution in [0.2, 0.25) is 0 Å². The van der Waals surface area contributed by atoms with Gasteiger partial charge < -0.3 is 14.6 Å². The zero-order valence-electron chi connectivity index (χ0n) is 16.9. The molecule has 0 spiro atoms. The van der Waals surface area contributed by atoms with Crippen molar-refractivity contribution in [3.8, 4) is 11.4 Å². The first-order valence-corrected chi connectivity index (χ1v) is 11.2. The summed E-state index contributed by atoms with van der Waals surface area (Å²) in [6.07, 6.45) is 3.52. The Bertz CT molecular complexity index is 1200. The van der Waals surface area contributed by atoms with Crippen molar-refractivity contribution in [2.24, 2.45) is 0 Å². The summed E-state index contributed by atoms with van der Waals surface area (Å²) in [6, 6.07) is 18.2. The number of hydrogen-bond donors (Lipinski definition) is 1. The molecule has 3 amide bonds. The Balaban J connectivity index is 1.48. The molecule has 1 aliphatic heterocycles. The zero-order chi connectivity index (χ0) is 22.7. The largest absolute Gasteiger partial charge is 0.497 e. The van der Waals surface area contributed by atoms with E-state index in [1.165, 1.54) is 0 Å². The first kappa shape index (κ1) is 21.9. The lowest BCUT2D eigenvalue weighted by Gasteiger charge is -2.12. The smallest absolute Gasteiger partial charge is 0.294 e. The predicted molar refractivity (Wildman–Crippen MR) is 128 cm³/mol. The van der Waals surface area contributed by atoms with Crippen LogP contribution in [0.3, 0.4) is 0 Å². The molecule has 0 atom stereocenters. The molecule has 2 heterocycles. The first-order chi connectivity index (χ1) is 15.4. The summed E-state index contributed by atoms with van der Waals surface area (Å²) < 4.78 is 7.97. The molecule has 0 bridgehead atoms. The van der Waals surface area contributed by atoms with E-state index in [4.69, 9.17) is 4.74 Å². The molecule has 1 aromatic heterocycles. The molecule has 1 saturated heterocycles. The highest BCUT2D eigenvalue weighted by atomic mass is 79.9. The molecule has 2 aromatic carbocycles. The second-order valence-corrected chi connectivity index (χ2v) is 8.73. The van der Waals surface area contributed by atoms with Gasteiger partial charge in [0.15, 0.2) is 0 Å². The number of rotatable bonds is 6. The number of nitrogens with one attached hydrogen (secondary N) is 1. The third kappa shape index (κ3) is 4.79. The number of benzene rings is 2. The van der Waals surface area contributed by atoms with Crippen molar-refractivity contribution in [2.75, 3.05) is 19.0 Å². The number of ether oxygens (including phenoxy) is 1. The van der Waals surface area contributed by atoms with E-state index in [1.807, 2.05) is 47.2 Å². The fourth-order valence-corrected chi connectivity index (χ4v) is 4.22. The Kier molecular flexibility index (Phi) is 6.48. The van der Waals surface area contributed by atoms with E-state index >= 15 is 0 Å². The van der Waals surface area contributed by atoms with Crippen molar-refractivity contribution in [3.05, 3.63) is 81.9 Å². The Morgan fingerprint density at radius 1 is 1.09 bits per heavy atom. The van der Waals surface area contributed by atoms with Crippen molar-refractivity contribution in [2.45, 2.75) is 0 Å². The molecule has 1 fully saturated rings. The highest BCUT2D eigenvalue weighted by Gasteiger charge is 2.36. The fraction of sp³-hybridized carbons (Fsp3) is 0.0870. The number of nitrogens with zero attached hydrogens (tertiary/aromatic N) is 2. The molecule has 9 heteroatoms. The highest BCUT2D eigenvalue weighted by molar-refractivity contribution is 9.10. The first-order valence-electron chi connectivity index (χ1n) is 9.57. The lowest BCUT2D eigenvalue weighted by molar-refractivity contribution is -0.127. The SMILES string of the molecule is COc1ccc(-n2cccc2/C=C2\SC(=O)N(CC(=O)Nc3ccc(Br)cc3)C2=O)cc1. The van der Waals surface area contributed by atoms with Crippen LogP contribution in [0.1, 0.15) is 5.69 Å². The van der Waals surface area contributed by atoms with Gasteiger partial charge in [-0.1, -0.05) is 15.9 Å². The Hall–Kier alpha value is -3.30. The van der Waals surface area contributed by atoms with Crippen LogP contribution in [0.5, 0.6) is 5.75 Å². The van der Waals surface area contributed by atoms with Gasteiger partial charge in [-0.25, -0.2) is 0 Å². The monoisotopic (exact) mass is 511 g/mol. The quantitative estimate of drug-likeness (QED) is 0.475. The van der Waals surface area contributed by atoms with Crippen LogP contribution in [-0.4, -0.2) is 40.2 Å². The van der Waals surface area contributed by atoms with Crippen molar-refractivity contribution >= 4 is 56.5 Å². The number of imide groups is 1. The third-order valence-corrected chi connectivity index (χ3v) is 6.15. The minimum atomic E-state index is -0.492. The van der Waals surface area contributed by atoms with Gasteiger partial charge in [0.2, 0.25) is 5.91 Å². The number of carbonyl (C=O) groups is 3. The summed E-state index contributed by atoms with van der Waals surface area (Å²) in [6.45, 7) is -0.350. The van der Waals surface area contributed by atoms with Crippen molar-refractivity contribution < 1.29 is 19.1 Å². The number of aromatic nitrogens is 1. The second kappa shape index (κ2) is 9.46. The van der Waals surface area contributed by atoms with E-state index in [0.717, 1.165) is 38.3 Å². The van der Waals surface area contributed by atoms with E-state index < -0.39 is 17.1 Å². The molecule has 0 saturated carbocycles. The number of anilines is 1. The molecule has 4 rings (SSSR count). The molecular weight excluding hydrogens is 494 g/mol. The summed E-state index contributed by atoms with van der Waals surface area (Å²) in [4.78, 5) is 38.8. The van der Waals surface area contributed by atoms with Crippen LogP contribution in [0.15, 0.2) is 76.2 Å². The molecule has 32 heavy (non-hydrogen) atoms. The maximum atomic E-state index is 12.8. The maximum absolute atomic E-state index is 12.8. The van der Waals surface area contributed by atoms with Crippen LogP contribution in [0, 0.1) is 0 Å². The predicted octanol–water partition coefficient (Wildman–Crippen LogP) is 4.92. The molecular formula is C23H18BrN3O4S. The van der Waals surface area contributed by atoms with E-state index in [-0.39, 0.29) is 11.4 Å². The maximum Gasteiger partial charge on any atom is 0.294 e. The topological polar surface area (TPSA) is 80.6 Å². The second-order valence-electron chi connectivity index (χ2n) is 6.82. The van der Waals surface area contributed by atoms with Crippen LogP contribution >= 0.6 is 27.7 Å². The van der Waals surface area contributed by atoms with Crippen LogP contribution in [0.25, 0.3) is 11.8 Å². The van der Waals surface area contributed by atoms with E-state index in [1.54, 1.807) is 37.5 Å². The summed E-state index contributed by atoms with van der Waals surface area (Å²) in [7, 11) is 1.60. The number of halogens is 1. The number of amides is 3. The van der Waals surface area contributed by atoms with Crippen molar-refractivity contribution in [1.29, 1.82) is 0 Å². The molecule has 7 nitrogen and oxygen atoms in total. The summed E-state index contributed by atoms with van der Waals surface area (Å²) in [5, 5.41) is 2.21. The minimum Gasteiger partial charge on any atom is -0.497 e. The average molecular weight is 512 g/mol. The number of carbonyl (C=O) groups excluding carboxylic acids is 3. The molecule has 1 aliphatic rings. The van der Waals surface area contributed by atoms with Gasteiger partial charge in [0.1, 0.15) is 12.3 Å². The molecule has 1 N–H and O–H groups in total. The summed E-state index contributed by atoms with van der Waals surface area (Å²) in [5.41, 5.74) is 2.20. The zero-order valence-corrected chi connectivity index (χ0v) is 19.4. The number of hydrogen-bond acceptors (Lipinski definition) is 5. The average Bonchev–Trinajstić information content (AvgIpc) is 3.35. The van der Waals surface area contributed by atoms with Crippen molar-refractivity contribution in [3.63, 3.8) is 0 Å². The van der Waals surface area contributed by atoms with Gasteiger partial charge in [-0.15, -0.1) is 0 Å². The van der Waals surface area contributed by atoms with Crippen LogP contribution in [0.4, 0.5) is 10.5 Å². The van der Waals surface area contributed by atoms with Crippen LogP contribution < -0.4 is 10.1 Å². The molecule has 0 unspecified atom stereocenters. The van der Waals surface area contributed by atoms with Gasteiger partial charge in [0, 0.05) is 27.7 Å². The highest BCUT2D eigenvalue weighted by Crippen LogP contribution is 2.32. The van der Waals surface area contributed by atoms with Gasteiger partial charge in [0.05, 0.1) is 12.0 Å². The summed E-state index contributed by atoms with van der Waals surface area (Å²) in [5.74, 6) is -0.198. The van der Waals surface area contributed by atoms with Crippen LogP contribution in [-0.2, 0) is 9.59 Å². The van der Waals surface area contributed by atoms with Gasteiger partial charge >= 0.3 is 0 Å². The van der Waals surface area contributed by atoms with Crippen molar-refractivity contribution in [1.82, 2.24) is 9.47 Å². The molecule has 3 aromatic rings. The third-order valence-electron chi connectivity index (χ3n) is 4.71. The lowest BCUT2D eigenvalue weighted by atomic mass is 10.2. The normalized spacial score (nSPS) is 14.8. The van der Waals surface area contributed by atoms with Gasteiger partial charge in [0.25, 0.3) is 11.1 Å². The lowest BCUT2D eigenvalue weighted by Crippen LogP contribution is -2.36. The standard InChI is InChI=1S/C23H18BrN3O4S/c1-31-19-10-8-17(9-11-19)26-12-2-3-18(26)13-20-22(29)27(23(30)32-20)14-21(28)25-16-6-4-15(24)5-7-16/h2-13H,14H2,1H3,(H,25,28)/b20-13-. The number of thioether (sulfide) groups is 1.